The summed E-state index contributed by atoms with van der Waals surface area (Å²) in [5, 5.41) is 2.67. The molecule has 0 saturated heterocycles. The van der Waals surface area contributed by atoms with Gasteiger partial charge in [-0.05, 0) is 49.2 Å². The summed E-state index contributed by atoms with van der Waals surface area (Å²) in [6.07, 6.45) is 0. The van der Waals surface area contributed by atoms with Gasteiger partial charge in [0.05, 0.1) is 7.11 Å². The van der Waals surface area contributed by atoms with Crippen LogP contribution in [0.25, 0.3) is 0 Å². The van der Waals surface area contributed by atoms with E-state index in [1.807, 2.05) is 19.9 Å². The standard InChI is InChI=1S/C18H22N2O4S/c1-13-11-16(24-3)17(12-14(13)2)25(22,23)20-10-9-19-18(21)15-7-5-4-6-8-15/h4-8,11-12,20H,9-10H2,1-3H3,(H,19,21). The van der Waals surface area contributed by atoms with Crippen LogP contribution in [-0.2, 0) is 10.0 Å². The molecule has 0 aromatic heterocycles. The Balaban J connectivity index is 1.98. The van der Waals surface area contributed by atoms with Crippen LogP contribution in [0.5, 0.6) is 5.75 Å². The summed E-state index contributed by atoms with van der Waals surface area (Å²) in [4.78, 5) is 12.0. The van der Waals surface area contributed by atoms with E-state index in [4.69, 9.17) is 4.74 Å². The monoisotopic (exact) mass is 362 g/mol. The lowest BCUT2D eigenvalue weighted by Gasteiger charge is -2.13. The third-order valence-electron chi connectivity index (χ3n) is 3.81. The average molecular weight is 362 g/mol. The molecule has 2 N–H and O–H groups in total. The van der Waals surface area contributed by atoms with Gasteiger partial charge in [0.15, 0.2) is 0 Å². The summed E-state index contributed by atoms with van der Waals surface area (Å²) < 4.78 is 32.6. The molecule has 0 heterocycles. The molecular weight excluding hydrogens is 340 g/mol. The highest BCUT2D eigenvalue weighted by Crippen LogP contribution is 2.26. The highest BCUT2D eigenvalue weighted by Gasteiger charge is 2.20. The van der Waals surface area contributed by atoms with Crippen molar-refractivity contribution in [1.82, 2.24) is 10.0 Å². The molecule has 0 aliphatic carbocycles. The number of hydrogen-bond donors (Lipinski definition) is 2. The Hall–Kier alpha value is -2.38. The van der Waals surface area contributed by atoms with Crippen molar-refractivity contribution in [3.8, 4) is 5.75 Å². The van der Waals surface area contributed by atoms with Crippen LogP contribution in [-0.4, -0.2) is 34.5 Å². The number of methoxy groups -OCH3 is 1. The van der Waals surface area contributed by atoms with Crippen molar-refractivity contribution in [2.75, 3.05) is 20.2 Å². The number of amides is 1. The van der Waals surface area contributed by atoms with Crippen LogP contribution in [0, 0.1) is 13.8 Å². The van der Waals surface area contributed by atoms with E-state index in [0.717, 1.165) is 11.1 Å². The first kappa shape index (κ1) is 19.0. The van der Waals surface area contributed by atoms with Crippen LogP contribution >= 0.6 is 0 Å². The number of carbonyl (C=O) groups excluding carboxylic acids is 1. The number of aryl methyl sites for hydroxylation is 2. The van der Waals surface area contributed by atoms with E-state index < -0.39 is 10.0 Å². The third kappa shape index (κ3) is 4.80. The van der Waals surface area contributed by atoms with Crippen LogP contribution in [0.1, 0.15) is 21.5 Å². The molecule has 2 aromatic carbocycles. The molecule has 0 fully saturated rings. The summed E-state index contributed by atoms with van der Waals surface area (Å²) in [7, 11) is -2.30. The number of carbonyl (C=O) groups is 1. The molecule has 2 rings (SSSR count). The second-order valence-corrected chi connectivity index (χ2v) is 7.34. The van der Waals surface area contributed by atoms with Gasteiger partial charge in [-0.1, -0.05) is 18.2 Å². The van der Waals surface area contributed by atoms with Crippen LogP contribution in [0.2, 0.25) is 0 Å². The van der Waals surface area contributed by atoms with Gasteiger partial charge < -0.3 is 10.1 Å². The van der Waals surface area contributed by atoms with Crippen molar-refractivity contribution in [1.29, 1.82) is 0 Å². The van der Waals surface area contributed by atoms with E-state index >= 15 is 0 Å². The fourth-order valence-corrected chi connectivity index (χ4v) is 3.53. The van der Waals surface area contributed by atoms with Crippen molar-refractivity contribution < 1.29 is 17.9 Å². The molecule has 25 heavy (non-hydrogen) atoms. The minimum absolute atomic E-state index is 0.0803. The van der Waals surface area contributed by atoms with Crippen molar-refractivity contribution in [3.05, 3.63) is 59.2 Å². The molecule has 0 atom stereocenters. The van der Waals surface area contributed by atoms with Gasteiger partial charge in [-0.15, -0.1) is 0 Å². The first-order valence-corrected chi connectivity index (χ1v) is 9.31. The van der Waals surface area contributed by atoms with Crippen molar-refractivity contribution in [2.45, 2.75) is 18.7 Å². The Labute approximate surface area is 148 Å². The summed E-state index contributed by atoms with van der Waals surface area (Å²) in [6, 6.07) is 12.0. The lowest BCUT2D eigenvalue weighted by molar-refractivity contribution is 0.0954. The summed E-state index contributed by atoms with van der Waals surface area (Å²) in [6.45, 7) is 3.99. The second kappa shape index (κ2) is 8.13. The number of nitrogens with one attached hydrogen (secondary N) is 2. The average Bonchev–Trinajstić information content (AvgIpc) is 2.61. The van der Waals surface area contributed by atoms with E-state index in [2.05, 4.69) is 10.0 Å². The van der Waals surface area contributed by atoms with Gasteiger partial charge in [-0.2, -0.15) is 0 Å². The number of benzene rings is 2. The number of sulfonamides is 1. The molecule has 0 bridgehead atoms. The highest BCUT2D eigenvalue weighted by atomic mass is 32.2. The minimum Gasteiger partial charge on any atom is -0.495 e. The van der Waals surface area contributed by atoms with E-state index in [1.165, 1.54) is 7.11 Å². The Kier molecular flexibility index (Phi) is 6.17. The summed E-state index contributed by atoms with van der Waals surface area (Å²) in [5.41, 5.74) is 2.34. The molecule has 0 unspecified atom stereocenters. The third-order valence-corrected chi connectivity index (χ3v) is 5.29. The SMILES string of the molecule is COc1cc(C)c(C)cc1S(=O)(=O)NCCNC(=O)c1ccccc1. The molecule has 0 aliphatic heterocycles. The number of hydrogen-bond acceptors (Lipinski definition) is 4. The normalized spacial score (nSPS) is 11.2. The maximum atomic E-state index is 12.5. The Morgan fingerprint density at radius 1 is 1.04 bits per heavy atom. The van der Waals surface area contributed by atoms with Gasteiger partial charge >= 0.3 is 0 Å². The van der Waals surface area contributed by atoms with Gasteiger partial charge in [0.1, 0.15) is 10.6 Å². The first-order valence-electron chi connectivity index (χ1n) is 7.83. The van der Waals surface area contributed by atoms with E-state index in [1.54, 1.807) is 36.4 Å². The van der Waals surface area contributed by atoms with Crippen molar-refractivity contribution in [2.24, 2.45) is 0 Å². The zero-order chi connectivity index (χ0) is 18.4. The zero-order valence-corrected chi connectivity index (χ0v) is 15.3. The largest absolute Gasteiger partial charge is 0.495 e. The molecule has 0 radical (unpaired) electrons. The predicted octanol–water partition coefficient (Wildman–Crippen LogP) is 2.02. The molecule has 0 spiro atoms. The summed E-state index contributed by atoms with van der Waals surface area (Å²) >= 11 is 0. The molecule has 2 aromatic rings. The van der Waals surface area contributed by atoms with Gasteiger partial charge in [0.2, 0.25) is 10.0 Å². The van der Waals surface area contributed by atoms with E-state index in [-0.39, 0.29) is 23.9 Å². The maximum absolute atomic E-state index is 12.5. The molecular formula is C18H22N2O4S. The summed E-state index contributed by atoms with van der Waals surface area (Å²) in [5.74, 6) is 0.0486. The first-order chi connectivity index (χ1) is 11.8. The molecule has 134 valence electrons. The lowest BCUT2D eigenvalue weighted by atomic mass is 10.1. The van der Waals surface area contributed by atoms with Crippen molar-refractivity contribution >= 4 is 15.9 Å². The Morgan fingerprint density at radius 2 is 1.68 bits per heavy atom. The molecule has 6 nitrogen and oxygen atoms in total. The molecule has 0 saturated carbocycles. The van der Waals surface area contributed by atoms with E-state index in [9.17, 15) is 13.2 Å². The van der Waals surface area contributed by atoms with Gasteiger partial charge in [-0.3, -0.25) is 4.79 Å². The minimum atomic E-state index is -3.73. The van der Waals surface area contributed by atoms with Crippen LogP contribution in [0.3, 0.4) is 0 Å². The highest BCUT2D eigenvalue weighted by molar-refractivity contribution is 7.89. The van der Waals surface area contributed by atoms with Crippen LogP contribution < -0.4 is 14.8 Å². The predicted molar refractivity (Wildman–Crippen MR) is 96.4 cm³/mol. The number of rotatable bonds is 7. The Bertz CT molecular complexity index is 849. The van der Waals surface area contributed by atoms with Crippen LogP contribution in [0.15, 0.2) is 47.4 Å². The zero-order valence-electron chi connectivity index (χ0n) is 14.5. The Morgan fingerprint density at radius 3 is 2.32 bits per heavy atom. The lowest BCUT2D eigenvalue weighted by Crippen LogP contribution is -2.34. The fourth-order valence-electron chi connectivity index (χ4n) is 2.26. The van der Waals surface area contributed by atoms with Gasteiger partial charge in [0.25, 0.3) is 5.91 Å². The molecule has 7 heteroatoms. The van der Waals surface area contributed by atoms with Crippen molar-refractivity contribution in [3.63, 3.8) is 0 Å². The fraction of sp³-hybridized carbons (Fsp3) is 0.278. The van der Waals surface area contributed by atoms with Gasteiger partial charge in [0, 0.05) is 18.7 Å². The smallest absolute Gasteiger partial charge is 0.251 e. The maximum Gasteiger partial charge on any atom is 0.251 e. The van der Waals surface area contributed by atoms with Gasteiger partial charge in [-0.25, -0.2) is 13.1 Å². The molecule has 0 aliphatic rings. The quantitative estimate of drug-likeness (QED) is 0.738. The topological polar surface area (TPSA) is 84.5 Å². The second-order valence-electron chi connectivity index (χ2n) is 5.61. The molecule has 1 amide bonds. The van der Waals surface area contributed by atoms with Crippen LogP contribution in [0.4, 0.5) is 0 Å². The number of ether oxygens (including phenoxy) is 1. The van der Waals surface area contributed by atoms with E-state index in [0.29, 0.717) is 11.3 Å².